The first-order chi connectivity index (χ1) is 6.33. The van der Waals surface area contributed by atoms with Gasteiger partial charge < -0.3 is 0 Å². The van der Waals surface area contributed by atoms with Crippen molar-refractivity contribution in [2.75, 3.05) is 0 Å². The van der Waals surface area contributed by atoms with Crippen molar-refractivity contribution in [2.45, 2.75) is 0 Å². The Bertz CT molecular complexity index is 465. The van der Waals surface area contributed by atoms with Gasteiger partial charge in [-0.15, -0.1) is 0 Å². The summed E-state index contributed by atoms with van der Waals surface area (Å²) in [6, 6.07) is 7.72. The second-order valence-corrected chi connectivity index (χ2v) is 2.85. The van der Waals surface area contributed by atoms with Gasteiger partial charge in [-0.25, -0.2) is 4.98 Å². The normalized spacial score (nSPS) is 10.2. The minimum absolute atomic E-state index is 0.582. The molecule has 0 saturated carbocycles. The smallest absolute Gasteiger partial charge is 0.264 e. The molecule has 0 radical (unpaired) electrons. The number of aldehydes is 1. The molecule has 0 aliphatic rings. The van der Waals surface area contributed by atoms with Crippen molar-refractivity contribution in [1.82, 2.24) is 4.98 Å². The second kappa shape index (κ2) is 2.94. The number of fused-ring (bicyclic) bond motifs is 1. The molecule has 3 heteroatoms. The molecule has 1 aromatic heterocycles. The van der Waals surface area contributed by atoms with Crippen LogP contribution in [0.2, 0.25) is 0 Å². The van der Waals surface area contributed by atoms with Crippen LogP contribution in [0.15, 0.2) is 30.5 Å². The van der Waals surface area contributed by atoms with Crippen molar-refractivity contribution < 1.29 is 9.36 Å². The van der Waals surface area contributed by atoms with Crippen LogP contribution in [0.1, 0.15) is 10.5 Å². The van der Waals surface area contributed by atoms with Crippen LogP contribution in [-0.4, -0.2) is 11.3 Å². The monoisotopic (exact) mass is 173 g/mol. The first-order valence-electron chi connectivity index (χ1n) is 4.02. The summed E-state index contributed by atoms with van der Waals surface area (Å²) in [5.74, 6) is 0. The summed E-state index contributed by atoms with van der Waals surface area (Å²) >= 11 is 0. The SMILES string of the molecule is C[n+]1c(C=O)cnc2ccccc21. The van der Waals surface area contributed by atoms with E-state index >= 15 is 0 Å². The number of para-hydroxylation sites is 2. The van der Waals surface area contributed by atoms with Crippen LogP contribution in [0.4, 0.5) is 0 Å². The number of carbonyl (C=O) groups excluding carboxylic acids is 1. The highest BCUT2D eigenvalue weighted by Gasteiger charge is 2.10. The van der Waals surface area contributed by atoms with E-state index in [0.29, 0.717) is 5.69 Å². The molecular formula is C10H9N2O+. The Hall–Kier alpha value is -1.77. The van der Waals surface area contributed by atoms with Gasteiger partial charge in [-0.3, -0.25) is 4.79 Å². The van der Waals surface area contributed by atoms with Crippen LogP contribution < -0.4 is 4.57 Å². The third-order valence-corrected chi connectivity index (χ3v) is 2.09. The van der Waals surface area contributed by atoms with E-state index in [1.165, 1.54) is 0 Å². The largest absolute Gasteiger partial charge is 0.291 e. The van der Waals surface area contributed by atoms with E-state index in [1.807, 2.05) is 35.9 Å². The minimum Gasteiger partial charge on any atom is -0.291 e. The van der Waals surface area contributed by atoms with Crippen molar-refractivity contribution in [2.24, 2.45) is 7.05 Å². The Kier molecular flexibility index (Phi) is 1.77. The average Bonchev–Trinajstić information content (AvgIpc) is 2.19. The van der Waals surface area contributed by atoms with Gasteiger partial charge in [0.1, 0.15) is 18.8 Å². The van der Waals surface area contributed by atoms with Gasteiger partial charge in [0.15, 0.2) is 0 Å². The number of aryl methyl sites for hydroxylation is 1. The number of benzene rings is 1. The summed E-state index contributed by atoms with van der Waals surface area (Å²) < 4.78 is 1.83. The molecule has 0 atom stereocenters. The maximum Gasteiger partial charge on any atom is 0.264 e. The number of rotatable bonds is 1. The number of nitrogens with zero attached hydrogens (tertiary/aromatic N) is 2. The molecule has 3 nitrogen and oxygen atoms in total. The van der Waals surface area contributed by atoms with Gasteiger partial charge in [0, 0.05) is 6.07 Å². The van der Waals surface area contributed by atoms with E-state index in [0.717, 1.165) is 17.3 Å². The van der Waals surface area contributed by atoms with Gasteiger partial charge in [0.05, 0.1) is 0 Å². The summed E-state index contributed by atoms with van der Waals surface area (Å²) in [5.41, 5.74) is 2.45. The summed E-state index contributed by atoms with van der Waals surface area (Å²) in [6.45, 7) is 0. The van der Waals surface area contributed by atoms with E-state index < -0.39 is 0 Å². The van der Waals surface area contributed by atoms with Gasteiger partial charge in [0.25, 0.3) is 5.69 Å². The third-order valence-electron chi connectivity index (χ3n) is 2.09. The lowest BCUT2D eigenvalue weighted by Crippen LogP contribution is -2.34. The highest BCUT2D eigenvalue weighted by Crippen LogP contribution is 2.04. The van der Waals surface area contributed by atoms with Crippen LogP contribution in [0.25, 0.3) is 11.0 Å². The summed E-state index contributed by atoms with van der Waals surface area (Å²) in [5, 5.41) is 0. The van der Waals surface area contributed by atoms with Crippen LogP contribution in [-0.2, 0) is 7.05 Å². The van der Waals surface area contributed by atoms with Gasteiger partial charge in [0.2, 0.25) is 11.8 Å². The molecule has 1 aromatic carbocycles. The first-order valence-corrected chi connectivity index (χ1v) is 4.02. The van der Waals surface area contributed by atoms with Crippen molar-refractivity contribution >= 4 is 17.3 Å². The Labute approximate surface area is 75.7 Å². The molecule has 64 valence electrons. The van der Waals surface area contributed by atoms with Crippen LogP contribution >= 0.6 is 0 Å². The maximum absolute atomic E-state index is 10.6. The van der Waals surface area contributed by atoms with Crippen molar-refractivity contribution in [3.8, 4) is 0 Å². The Balaban J connectivity index is 2.86. The highest BCUT2D eigenvalue weighted by molar-refractivity contribution is 5.75. The summed E-state index contributed by atoms with van der Waals surface area (Å²) in [4.78, 5) is 14.8. The van der Waals surface area contributed by atoms with Crippen molar-refractivity contribution in [3.05, 3.63) is 36.2 Å². The van der Waals surface area contributed by atoms with Gasteiger partial charge >= 0.3 is 0 Å². The molecule has 0 spiro atoms. The lowest BCUT2D eigenvalue weighted by Gasteiger charge is -1.96. The zero-order valence-corrected chi connectivity index (χ0v) is 7.27. The molecule has 2 rings (SSSR count). The van der Waals surface area contributed by atoms with Gasteiger partial charge in [-0.2, -0.15) is 4.57 Å². The van der Waals surface area contributed by atoms with Crippen LogP contribution in [0, 0.1) is 0 Å². The van der Waals surface area contributed by atoms with Crippen LogP contribution in [0.3, 0.4) is 0 Å². The minimum atomic E-state index is 0.582. The molecular weight excluding hydrogens is 164 g/mol. The van der Waals surface area contributed by atoms with Gasteiger partial charge in [-0.05, 0) is 6.07 Å². The summed E-state index contributed by atoms with van der Waals surface area (Å²) in [7, 11) is 1.85. The molecule has 0 saturated heterocycles. The highest BCUT2D eigenvalue weighted by atomic mass is 16.1. The number of carbonyl (C=O) groups is 1. The molecule has 0 fully saturated rings. The van der Waals surface area contributed by atoms with Crippen molar-refractivity contribution in [1.29, 1.82) is 0 Å². The maximum atomic E-state index is 10.6. The van der Waals surface area contributed by atoms with Gasteiger partial charge in [-0.1, -0.05) is 12.1 Å². The molecule has 2 aromatic rings. The standard InChI is InChI=1S/C10H9N2O/c1-12-8(7-13)6-11-9-4-2-3-5-10(9)12/h2-7H,1H3/q+1. The molecule has 0 amide bonds. The molecule has 0 aliphatic heterocycles. The third kappa shape index (κ3) is 1.18. The fourth-order valence-electron chi connectivity index (χ4n) is 1.33. The quantitative estimate of drug-likeness (QED) is 0.473. The van der Waals surface area contributed by atoms with Crippen molar-refractivity contribution in [3.63, 3.8) is 0 Å². The Morgan fingerprint density at radius 1 is 1.38 bits per heavy atom. The predicted molar refractivity (Wildman–Crippen MR) is 48.3 cm³/mol. The van der Waals surface area contributed by atoms with E-state index in [-0.39, 0.29) is 0 Å². The zero-order chi connectivity index (χ0) is 9.26. The number of hydrogen-bond acceptors (Lipinski definition) is 2. The van der Waals surface area contributed by atoms with E-state index in [1.54, 1.807) is 6.20 Å². The Morgan fingerprint density at radius 2 is 2.15 bits per heavy atom. The zero-order valence-electron chi connectivity index (χ0n) is 7.27. The second-order valence-electron chi connectivity index (χ2n) is 2.85. The molecule has 0 aliphatic carbocycles. The lowest BCUT2D eigenvalue weighted by molar-refractivity contribution is -0.646. The first kappa shape index (κ1) is 7.86. The van der Waals surface area contributed by atoms with E-state index in [9.17, 15) is 4.79 Å². The topological polar surface area (TPSA) is 33.8 Å². The Morgan fingerprint density at radius 3 is 2.92 bits per heavy atom. The molecule has 1 heterocycles. The average molecular weight is 173 g/mol. The van der Waals surface area contributed by atoms with E-state index in [4.69, 9.17) is 0 Å². The number of aromatic nitrogens is 2. The molecule has 0 N–H and O–H groups in total. The lowest BCUT2D eigenvalue weighted by atomic mass is 10.3. The fraction of sp³-hybridized carbons (Fsp3) is 0.100. The predicted octanol–water partition coefficient (Wildman–Crippen LogP) is 0.872. The molecule has 0 unspecified atom stereocenters. The molecule has 13 heavy (non-hydrogen) atoms. The van der Waals surface area contributed by atoms with E-state index in [2.05, 4.69) is 4.98 Å². The molecule has 0 bridgehead atoms. The summed E-state index contributed by atoms with van der Waals surface area (Å²) in [6.07, 6.45) is 2.38. The fourth-order valence-corrected chi connectivity index (χ4v) is 1.33. The number of hydrogen-bond donors (Lipinski definition) is 0. The van der Waals surface area contributed by atoms with Crippen LogP contribution in [0.5, 0.6) is 0 Å².